The van der Waals surface area contributed by atoms with E-state index in [0.717, 1.165) is 18.8 Å². The van der Waals surface area contributed by atoms with E-state index in [4.69, 9.17) is 9.15 Å². The molecule has 96 valence electrons. The Morgan fingerprint density at radius 1 is 1.47 bits per heavy atom. The summed E-state index contributed by atoms with van der Waals surface area (Å²) in [5.41, 5.74) is 1.11. The number of likely N-dealkylation sites (N-methyl/N-ethyl adjacent to an activating group) is 1. The highest BCUT2D eigenvalue weighted by atomic mass is 16.5. The lowest BCUT2D eigenvalue weighted by Gasteiger charge is -2.43. The van der Waals surface area contributed by atoms with Gasteiger partial charge in [0.1, 0.15) is 0 Å². The minimum atomic E-state index is -0.0782. The van der Waals surface area contributed by atoms with Crippen molar-refractivity contribution < 1.29 is 9.15 Å². The summed E-state index contributed by atoms with van der Waals surface area (Å²) >= 11 is 0. The van der Waals surface area contributed by atoms with Crippen molar-refractivity contribution in [3.8, 4) is 0 Å². The molecule has 1 saturated carbocycles. The molecule has 0 saturated heterocycles. The lowest BCUT2D eigenvalue weighted by molar-refractivity contribution is -0.0746. The van der Waals surface area contributed by atoms with Crippen LogP contribution in [0.25, 0.3) is 0 Å². The number of hydrogen-bond donors (Lipinski definition) is 1. The fourth-order valence-electron chi connectivity index (χ4n) is 3.03. The van der Waals surface area contributed by atoms with Crippen molar-refractivity contribution in [2.45, 2.75) is 44.2 Å². The molecular formula is C14H23NO2. The summed E-state index contributed by atoms with van der Waals surface area (Å²) in [5, 5.41) is 3.40. The highest BCUT2D eigenvalue weighted by Crippen LogP contribution is 2.42. The monoisotopic (exact) mass is 237 g/mol. The van der Waals surface area contributed by atoms with Crippen molar-refractivity contribution >= 4 is 0 Å². The number of methoxy groups -OCH3 is 1. The SMILES string of the molecule is CNC(c1ccoc1)C1(OC)CCC(C)CC1. The van der Waals surface area contributed by atoms with Gasteiger partial charge in [0.25, 0.3) is 0 Å². The quantitative estimate of drug-likeness (QED) is 0.873. The summed E-state index contributed by atoms with van der Waals surface area (Å²) in [4.78, 5) is 0. The first-order valence-corrected chi connectivity index (χ1v) is 6.46. The first kappa shape index (κ1) is 12.7. The van der Waals surface area contributed by atoms with E-state index in [2.05, 4.69) is 12.2 Å². The van der Waals surface area contributed by atoms with Gasteiger partial charge in [-0.3, -0.25) is 0 Å². The van der Waals surface area contributed by atoms with Crippen LogP contribution in [-0.2, 0) is 4.74 Å². The molecule has 0 amide bonds. The molecule has 1 aliphatic rings. The second kappa shape index (κ2) is 5.23. The third kappa shape index (κ3) is 2.40. The lowest BCUT2D eigenvalue weighted by atomic mass is 9.74. The van der Waals surface area contributed by atoms with Gasteiger partial charge in [-0.05, 0) is 44.7 Å². The molecule has 0 aromatic carbocycles. The van der Waals surface area contributed by atoms with Crippen molar-refractivity contribution in [2.75, 3.05) is 14.2 Å². The summed E-state index contributed by atoms with van der Waals surface area (Å²) in [7, 11) is 3.83. The Morgan fingerprint density at radius 2 is 2.18 bits per heavy atom. The topological polar surface area (TPSA) is 34.4 Å². The van der Waals surface area contributed by atoms with E-state index in [1.807, 2.05) is 26.5 Å². The molecule has 0 spiro atoms. The fourth-order valence-corrected chi connectivity index (χ4v) is 3.03. The lowest BCUT2D eigenvalue weighted by Crippen LogP contribution is -2.46. The van der Waals surface area contributed by atoms with Gasteiger partial charge in [-0.25, -0.2) is 0 Å². The average Bonchev–Trinajstić information content (AvgIpc) is 2.86. The summed E-state index contributed by atoms with van der Waals surface area (Å²) in [5.74, 6) is 0.820. The van der Waals surface area contributed by atoms with Crippen LogP contribution in [0, 0.1) is 5.92 Å². The van der Waals surface area contributed by atoms with Gasteiger partial charge in [0.2, 0.25) is 0 Å². The third-order valence-corrected chi connectivity index (χ3v) is 4.22. The van der Waals surface area contributed by atoms with Crippen LogP contribution in [-0.4, -0.2) is 19.8 Å². The Bertz CT molecular complexity index is 326. The minimum absolute atomic E-state index is 0.0782. The molecule has 1 aromatic rings. The zero-order valence-corrected chi connectivity index (χ0v) is 11.0. The maximum absolute atomic E-state index is 5.90. The molecule has 1 aliphatic carbocycles. The smallest absolute Gasteiger partial charge is 0.0951 e. The van der Waals surface area contributed by atoms with Crippen molar-refractivity contribution in [1.29, 1.82) is 0 Å². The van der Waals surface area contributed by atoms with E-state index in [1.165, 1.54) is 18.4 Å². The van der Waals surface area contributed by atoms with Gasteiger partial charge in [-0.15, -0.1) is 0 Å². The first-order valence-electron chi connectivity index (χ1n) is 6.46. The van der Waals surface area contributed by atoms with Crippen molar-refractivity contribution in [3.63, 3.8) is 0 Å². The standard InChI is InChI=1S/C14H23NO2/c1-11-4-7-14(16-3,8-5-11)13(15-2)12-6-9-17-10-12/h6,9-11,13,15H,4-5,7-8H2,1-3H3. The molecule has 0 radical (unpaired) electrons. The van der Waals surface area contributed by atoms with E-state index in [0.29, 0.717) is 0 Å². The van der Waals surface area contributed by atoms with Gasteiger partial charge in [-0.2, -0.15) is 0 Å². The van der Waals surface area contributed by atoms with Gasteiger partial charge in [0, 0.05) is 12.7 Å². The summed E-state index contributed by atoms with van der Waals surface area (Å²) in [6.07, 6.45) is 8.25. The molecule has 17 heavy (non-hydrogen) atoms. The Morgan fingerprint density at radius 3 is 2.65 bits per heavy atom. The molecule has 0 aliphatic heterocycles. The molecule has 3 heteroatoms. The van der Waals surface area contributed by atoms with Crippen LogP contribution < -0.4 is 5.32 Å². The number of rotatable bonds is 4. The zero-order valence-electron chi connectivity index (χ0n) is 11.0. The predicted octanol–water partition coefficient (Wildman–Crippen LogP) is 3.14. The van der Waals surface area contributed by atoms with E-state index >= 15 is 0 Å². The molecule has 1 fully saturated rings. The van der Waals surface area contributed by atoms with Gasteiger partial charge < -0.3 is 14.5 Å². The van der Waals surface area contributed by atoms with Crippen LogP contribution >= 0.6 is 0 Å². The number of ether oxygens (including phenoxy) is 1. The van der Waals surface area contributed by atoms with Crippen LogP contribution in [0.4, 0.5) is 0 Å². The average molecular weight is 237 g/mol. The predicted molar refractivity (Wildman–Crippen MR) is 67.9 cm³/mol. The normalized spacial score (nSPS) is 31.4. The van der Waals surface area contributed by atoms with E-state index in [9.17, 15) is 0 Å². The van der Waals surface area contributed by atoms with Gasteiger partial charge in [0.05, 0.1) is 24.2 Å². The molecule has 1 N–H and O–H groups in total. The fraction of sp³-hybridized carbons (Fsp3) is 0.714. The van der Waals surface area contributed by atoms with Crippen molar-refractivity contribution in [2.24, 2.45) is 5.92 Å². The number of nitrogens with one attached hydrogen (secondary N) is 1. The largest absolute Gasteiger partial charge is 0.472 e. The van der Waals surface area contributed by atoms with Gasteiger partial charge >= 0.3 is 0 Å². The maximum atomic E-state index is 5.90. The highest BCUT2D eigenvalue weighted by Gasteiger charge is 2.41. The van der Waals surface area contributed by atoms with Crippen LogP contribution in [0.2, 0.25) is 0 Å². The highest BCUT2D eigenvalue weighted by molar-refractivity contribution is 5.17. The van der Waals surface area contributed by atoms with Crippen LogP contribution in [0.5, 0.6) is 0 Å². The Balaban J connectivity index is 2.21. The summed E-state index contributed by atoms with van der Waals surface area (Å²) < 4.78 is 11.1. The van der Waals surface area contributed by atoms with Crippen LogP contribution in [0.3, 0.4) is 0 Å². The second-order valence-electron chi connectivity index (χ2n) is 5.23. The second-order valence-corrected chi connectivity index (χ2v) is 5.23. The zero-order chi connectivity index (χ0) is 12.3. The van der Waals surface area contributed by atoms with E-state index in [1.54, 1.807) is 6.26 Å². The molecular weight excluding hydrogens is 214 g/mol. The Labute approximate surface area is 104 Å². The van der Waals surface area contributed by atoms with Gasteiger partial charge in [0.15, 0.2) is 0 Å². The molecule has 2 rings (SSSR count). The van der Waals surface area contributed by atoms with E-state index < -0.39 is 0 Å². The Kier molecular flexibility index (Phi) is 3.89. The van der Waals surface area contributed by atoms with Gasteiger partial charge in [-0.1, -0.05) is 6.92 Å². The molecule has 3 nitrogen and oxygen atoms in total. The number of furan rings is 1. The molecule has 1 unspecified atom stereocenters. The van der Waals surface area contributed by atoms with Crippen LogP contribution in [0.1, 0.15) is 44.2 Å². The molecule has 1 atom stereocenters. The minimum Gasteiger partial charge on any atom is -0.472 e. The van der Waals surface area contributed by atoms with Crippen LogP contribution in [0.15, 0.2) is 23.0 Å². The summed E-state index contributed by atoms with van der Waals surface area (Å²) in [6, 6.07) is 2.25. The van der Waals surface area contributed by atoms with E-state index in [-0.39, 0.29) is 11.6 Å². The molecule has 1 heterocycles. The first-order chi connectivity index (χ1) is 8.22. The third-order valence-electron chi connectivity index (χ3n) is 4.22. The maximum Gasteiger partial charge on any atom is 0.0951 e. The summed E-state index contributed by atoms with van der Waals surface area (Å²) in [6.45, 7) is 2.33. The Hall–Kier alpha value is -0.800. The van der Waals surface area contributed by atoms with Crippen molar-refractivity contribution in [3.05, 3.63) is 24.2 Å². The molecule has 1 aromatic heterocycles. The number of hydrogen-bond acceptors (Lipinski definition) is 3. The van der Waals surface area contributed by atoms with Crippen molar-refractivity contribution in [1.82, 2.24) is 5.32 Å². The molecule has 0 bridgehead atoms.